The molecule has 0 bridgehead atoms. The number of amides is 1. The highest BCUT2D eigenvalue weighted by atomic mass is 16.4. The molecule has 20 heavy (non-hydrogen) atoms. The maximum absolute atomic E-state index is 12.6. The van der Waals surface area contributed by atoms with Crippen molar-refractivity contribution < 1.29 is 19.1 Å². The second-order valence-electron chi connectivity index (χ2n) is 5.57. The number of likely N-dealkylation sites (tertiary alicyclic amines) is 1. The van der Waals surface area contributed by atoms with Crippen molar-refractivity contribution in [2.75, 3.05) is 6.54 Å². The van der Waals surface area contributed by atoms with Crippen LogP contribution < -0.4 is 0 Å². The summed E-state index contributed by atoms with van der Waals surface area (Å²) in [6.45, 7) is 2.40. The van der Waals surface area contributed by atoms with Gasteiger partial charge >= 0.3 is 5.97 Å². The molecule has 2 aliphatic rings. The van der Waals surface area contributed by atoms with E-state index < -0.39 is 12.0 Å². The number of aliphatic carboxylic acids is 1. The number of fused-ring (bicyclic) bond motifs is 1. The van der Waals surface area contributed by atoms with Crippen molar-refractivity contribution in [2.24, 2.45) is 11.8 Å². The number of aromatic nitrogens is 1. The van der Waals surface area contributed by atoms with E-state index in [1.807, 2.05) is 6.92 Å². The van der Waals surface area contributed by atoms with Gasteiger partial charge in [0.2, 0.25) is 0 Å². The highest BCUT2D eigenvalue weighted by molar-refractivity contribution is 5.96. The van der Waals surface area contributed by atoms with Crippen molar-refractivity contribution in [3.05, 3.63) is 17.8 Å². The summed E-state index contributed by atoms with van der Waals surface area (Å²) in [6, 6.07) is -0.712. The second-order valence-corrected chi connectivity index (χ2v) is 5.57. The Morgan fingerprint density at radius 3 is 3.00 bits per heavy atom. The zero-order valence-corrected chi connectivity index (χ0v) is 11.4. The van der Waals surface area contributed by atoms with Crippen molar-refractivity contribution in [1.29, 1.82) is 0 Å². The Hall–Kier alpha value is -1.85. The molecule has 0 spiro atoms. The van der Waals surface area contributed by atoms with Gasteiger partial charge in [-0.2, -0.15) is 0 Å². The fourth-order valence-electron chi connectivity index (χ4n) is 3.66. The van der Waals surface area contributed by atoms with E-state index in [4.69, 9.17) is 4.42 Å². The zero-order valence-electron chi connectivity index (χ0n) is 11.4. The third kappa shape index (κ3) is 1.90. The molecule has 3 unspecified atom stereocenters. The smallest absolute Gasteiger partial charge is 0.326 e. The number of nitrogens with zero attached hydrogens (tertiary/aromatic N) is 2. The SMILES string of the molecule is CCc1ocnc1C(=O)N1CC2CCCC2C1C(=O)O. The van der Waals surface area contributed by atoms with Crippen molar-refractivity contribution in [1.82, 2.24) is 9.88 Å². The topological polar surface area (TPSA) is 83.6 Å². The minimum absolute atomic E-state index is 0.0911. The standard InChI is InChI=1S/C14H18N2O4/c1-2-10-11(15-7-20-10)13(17)16-6-8-4-3-5-9(8)12(16)14(18)19/h7-9,12H,2-6H2,1H3,(H,18,19). The van der Waals surface area contributed by atoms with E-state index in [0.717, 1.165) is 19.3 Å². The van der Waals surface area contributed by atoms with E-state index in [2.05, 4.69) is 4.98 Å². The number of hydrogen-bond acceptors (Lipinski definition) is 4. The zero-order chi connectivity index (χ0) is 14.3. The molecular formula is C14H18N2O4. The summed E-state index contributed by atoms with van der Waals surface area (Å²) in [7, 11) is 0. The number of carboxylic acids is 1. The van der Waals surface area contributed by atoms with Gasteiger partial charge in [0.25, 0.3) is 5.91 Å². The maximum Gasteiger partial charge on any atom is 0.326 e. The third-order valence-corrected chi connectivity index (χ3v) is 4.57. The predicted molar refractivity (Wildman–Crippen MR) is 69.2 cm³/mol. The first-order valence-electron chi connectivity index (χ1n) is 7.09. The highest BCUT2D eigenvalue weighted by Crippen LogP contribution is 2.42. The van der Waals surface area contributed by atoms with Crippen molar-refractivity contribution >= 4 is 11.9 Å². The third-order valence-electron chi connectivity index (χ3n) is 4.57. The summed E-state index contributed by atoms with van der Waals surface area (Å²) < 4.78 is 5.18. The number of aryl methyl sites for hydroxylation is 1. The lowest BCUT2D eigenvalue weighted by atomic mass is 9.94. The van der Waals surface area contributed by atoms with Crippen LogP contribution in [0.1, 0.15) is 42.4 Å². The summed E-state index contributed by atoms with van der Waals surface area (Å²) in [4.78, 5) is 29.6. The number of carbonyl (C=O) groups excluding carboxylic acids is 1. The molecule has 1 saturated carbocycles. The maximum atomic E-state index is 12.6. The van der Waals surface area contributed by atoms with Crippen LogP contribution in [0.15, 0.2) is 10.8 Å². The molecular weight excluding hydrogens is 260 g/mol. The van der Waals surface area contributed by atoms with E-state index in [1.54, 1.807) is 0 Å². The number of hydrogen-bond donors (Lipinski definition) is 1. The van der Waals surface area contributed by atoms with Gasteiger partial charge in [0.05, 0.1) is 0 Å². The van der Waals surface area contributed by atoms with Crippen LogP contribution in [0.5, 0.6) is 0 Å². The first-order valence-corrected chi connectivity index (χ1v) is 7.09. The molecule has 3 atom stereocenters. The van der Waals surface area contributed by atoms with Crippen LogP contribution in [0.4, 0.5) is 0 Å². The van der Waals surface area contributed by atoms with Gasteiger partial charge in [0.1, 0.15) is 11.8 Å². The van der Waals surface area contributed by atoms with Crippen LogP contribution in [0.25, 0.3) is 0 Å². The summed E-state index contributed by atoms with van der Waals surface area (Å²) in [5.41, 5.74) is 0.263. The van der Waals surface area contributed by atoms with Crippen LogP contribution >= 0.6 is 0 Å². The molecule has 1 amide bonds. The van der Waals surface area contributed by atoms with Crippen molar-refractivity contribution in [2.45, 2.75) is 38.6 Å². The summed E-state index contributed by atoms with van der Waals surface area (Å²) in [6.07, 6.45) is 4.78. The summed E-state index contributed by atoms with van der Waals surface area (Å²) >= 11 is 0. The van der Waals surface area contributed by atoms with Gasteiger partial charge in [-0.3, -0.25) is 4.79 Å². The van der Waals surface area contributed by atoms with Crippen molar-refractivity contribution in [3.8, 4) is 0 Å². The molecule has 6 nitrogen and oxygen atoms in total. The first kappa shape index (κ1) is 13.1. The van der Waals surface area contributed by atoms with Crippen LogP contribution in [-0.2, 0) is 11.2 Å². The Kier molecular flexibility index (Phi) is 3.23. The lowest BCUT2D eigenvalue weighted by Crippen LogP contribution is -2.43. The van der Waals surface area contributed by atoms with Gasteiger partial charge in [-0.15, -0.1) is 0 Å². The van der Waals surface area contributed by atoms with E-state index >= 15 is 0 Å². The fourth-order valence-corrected chi connectivity index (χ4v) is 3.66. The minimum Gasteiger partial charge on any atom is -0.480 e. The largest absolute Gasteiger partial charge is 0.480 e. The average Bonchev–Trinajstić information content (AvgIpc) is 3.11. The number of carbonyl (C=O) groups is 2. The Labute approximate surface area is 116 Å². The van der Waals surface area contributed by atoms with Gasteiger partial charge in [0.15, 0.2) is 12.1 Å². The fraction of sp³-hybridized carbons (Fsp3) is 0.643. The van der Waals surface area contributed by atoms with Gasteiger partial charge in [-0.05, 0) is 24.7 Å². The van der Waals surface area contributed by atoms with Crippen LogP contribution in [0.2, 0.25) is 0 Å². The predicted octanol–water partition coefficient (Wildman–Crippen LogP) is 1.56. The van der Waals surface area contributed by atoms with E-state index in [-0.39, 0.29) is 17.5 Å². The minimum atomic E-state index is -0.908. The lowest BCUT2D eigenvalue weighted by Gasteiger charge is -2.23. The molecule has 1 aliphatic heterocycles. The van der Waals surface area contributed by atoms with Crippen LogP contribution in [0, 0.1) is 11.8 Å². The molecule has 1 saturated heterocycles. The first-order chi connectivity index (χ1) is 9.63. The summed E-state index contributed by atoms with van der Waals surface area (Å²) in [5.74, 6) is -0.284. The molecule has 108 valence electrons. The quantitative estimate of drug-likeness (QED) is 0.907. The molecule has 2 heterocycles. The van der Waals surface area contributed by atoms with Crippen LogP contribution in [-0.4, -0.2) is 39.5 Å². The number of rotatable bonds is 3. The highest BCUT2D eigenvalue weighted by Gasteiger charge is 2.50. The monoisotopic (exact) mass is 278 g/mol. The Bertz CT molecular complexity index is 539. The number of carboxylic acid groups (broad SMARTS) is 1. The normalized spacial score (nSPS) is 28.6. The summed E-state index contributed by atoms with van der Waals surface area (Å²) in [5, 5.41) is 9.47. The molecule has 1 aromatic rings. The van der Waals surface area contributed by atoms with Gasteiger partial charge in [0, 0.05) is 13.0 Å². The average molecular weight is 278 g/mol. The Balaban J connectivity index is 1.89. The molecule has 1 aliphatic carbocycles. The van der Waals surface area contributed by atoms with E-state index in [1.165, 1.54) is 11.3 Å². The molecule has 3 rings (SSSR count). The molecule has 1 N–H and O–H groups in total. The van der Waals surface area contributed by atoms with Crippen molar-refractivity contribution in [3.63, 3.8) is 0 Å². The molecule has 0 radical (unpaired) electrons. The van der Waals surface area contributed by atoms with E-state index in [0.29, 0.717) is 24.6 Å². The molecule has 0 aromatic carbocycles. The number of oxazole rings is 1. The molecule has 6 heteroatoms. The van der Waals surface area contributed by atoms with Gasteiger partial charge in [-0.1, -0.05) is 13.3 Å². The molecule has 2 fully saturated rings. The lowest BCUT2D eigenvalue weighted by molar-refractivity contribution is -0.142. The second kappa shape index (κ2) is 4.92. The van der Waals surface area contributed by atoms with Gasteiger partial charge < -0.3 is 14.4 Å². The molecule has 1 aromatic heterocycles. The Morgan fingerprint density at radius 1 is 1.50 bits per heavy atom. The Morgan fingerprint density at radius 2 is 2.30 bits per heavy atom. The van der Waals surface area contributed by atoms with E-state index in [9.17, 15) is 14.7 Å². The van der Waals surface area contributed by atoms with Crippen LogP contribution in [0.3, 0.4) is 0 Å². The van der Waals surface area contributed by atoms with Gasteiger partial charge in [-0.25, -0.2) is 9.78 Å².